The van der Waals surface area contributed by atoms with Crippen LogP contribution >= 0.6 is 0 Å². The summed E-state index contributed by atoms with van der Waals surface area (Å²) in [6, 6.07) is 7.12. The van der Waals surface area contributed by atoms with E-state index in [1.165, 1.54) is 4.31 Å². The van der Waals surface area contributed by atoms with Crippen LogP contribution in [-0.4, -0.2) is 66.0 Å². The molecule has 1 saturated heterocycles. The lowest BCUT2D eigenvalue weighted by molar-refractivity contribution is -0.117. The monoisotopic (exact) mass is 447 g/mol. The Kier molecular flexibility index (Phi) is 6.59. The fourth-order valence-corrected chi connectivity index (χ4v) is 5.00. The second kappa shape index (κ2) is 8.72. The summed E-state index contributed by atoms with van der Waals surface area (Å²) in [6.07, 6.45) is 0. The number of nitrogens with one attached hydrogen (secondary N) is 1. The number of amides is 1. The van der Waals surface area contributed by atoms with Crippen LogP contribution in [0.25, 0.3) is 0 Å². The van der Waals surface area contributed by atoms with Gasteiger partial charge >= 0.3 is 0 Å². The molecule has 1 N–H and O–H groups in total. The first-order valence-corrected chi connectivity index (χ1v) is 12.0. The van der Waals surface area contributed by atoms with E-state index in [4.69, 9.17) is 0 Å². The molecule has 0 spiro atoms. The maximum absolute atomic E-state index is 13.0. The first-order chi connectivity index (χ1) is 14.4. The molecule has 9 heteroatoms. The van der Waals surface area contributed by atoms with Gasteiger partial charge in [0.2, 0.25) is 15.9 Å². The molecule has 0 atom stereocenters. The Morgan fingerprint density at radius 1 is 1.06 bits per heavy atom. The Labute approximate surface area is 185 Å². The molecule has 1 aromatic carbocycles. The highest BCUT2D eigenvalue weighted by molar-refractivity contribution is 7.89. The Bertz CT molecular complexity index is 1060. The second-order valence-electron chi connectivity index (χ2n) is 9.26. The van der Waals surface area contributed by atoms with Gasteiger partial charge in [0.05, 0.1) is 17.1 Å². The van der Waals surface area contributed by atoms with Crippen molar-refractivity contribution in [2.24, 2.45) is 7.05 Å². The Morgan fingerprint density at radius 2 is 1.71 bits per heavy atom. The molecule has 2 heterocycles. The topological polar surface area (TPSA) is 87.5 Å². The lowest BCUT2D eigenvalue weighted by Crippen LogP contribution is -2.50. The summed E-state index contributed by atoms with van der Waals surface area (Å²) >= 11 is 0. The highest BCUT2D eigenvalue weighted by Gasteiger charge is 2.29. The van der Waals surface area contributed by atoms with Gasteiger partial charge < -0.3 is 5.32 Å². The summed E-state index contributed by atoms with van der Waals surface area (Å²) in [7, 11) is -1.72. The smallest absolute Gasteiger partial charge is 0.243 e. The number of aryl methyl sites for hydroxylation is 3. The van der Waals surface area contributed by atoms with Gasteiger partial charge in [0, 0.05) is 44.7 Å². The molecule has 170 valence electrons. The van der Waals surface area contributed by atoms with Crippen molar-refractivity contribution in [1.82, 2.24) is 19.0 Å². The van der Waals surface area contributed by atoms with Gasteiger partial charge in [0.25, 0.3) is 0 Å². The summed E-state index contributed by atoms with van der Waals surface area (Å²) in [5, 5.41) is 7.39. The van der Waals surface area contributed by atoms with E-state index >= 15 is 0 Å². The quantitative estimate of drug-likeness (QED) is 0.760. The number of benzene rings is 1. The number of aromatic nitrogens is 2. The van der Waals surface area contributed by atoms with Crippen molar-refractivity contribution in [3.63, 3.8) is 0 Å². The standard InChI is InChI=1S/C22H33N5O3S/c1-16-7-8-18(13-17(16)2)31(29,30)27-11-9-26(10-12-27)15-21(28)23-20-14-19(22(3,4)5)24-25(20)6/h7-8,13-14H,9-12,15H2,1-6H3,(H,23,28). The van der Waals surface area contributed by atoms with Crippen LogP contribution < -0.4 is 5.32 Å². The third-order valence-corrected chi connectivity index (χ3v) is 7.62. The van der Waals surface area contributed by atoms with E-state index in [-0.39, 0.29) is 17.9 Å². The van der Waals surface area contributed by atoms with Gasteiger partial charge in [0.1, 0.15) is 5.82 Å². The number of carbonyl (C=O) groups is 1. The fraction of sp³-hybridized carbons (Fsp3) is 0.545. The van der Waals surface area contributed by atoms with Crippen LogP contribution in [-0.2, 0) is 27.3 Å². The third kappa shape index (κ3) is 5.34. The second-order valence-corrected chi connectivity index (χ2v) is 11.2. The fourth-order valence-electron chi connectivity index (χ4n) is 3.49. The minimum absolute atomic E-state index is 0.0987. The first-order valence-electron chi connectivity index (χ1n) is 10.5. The van der Waals surface area contributed by atoms with Gasteiger partial charge in [-0.2, -0.15) is 9.40 Å². The molecule has 0 saturated carbocycles. The summed E-state index contributed by atoms with van der Waals surface area (Å²) < 4.78 is 29.1. The lowest BCUT2D eigenvalue weighted by Gasteiger charge is -2.33. The van der Waals surface area contributed by atoms with Gasteiger partial charge in [-0.1, -0.05) is 26.8 Å². The average Bonchev–Trinajstić information content (AvgIpc) is 3.05. The molecular weight excluding hydrogens is 414 g/mol. The van der Waals surface area contributed by atoms with E-state index in [1.54, 1.807) is 23.9 Å². The van der Waals surface area contributed by atoms with E-state index < -0.39 is 10.0 Å². The molecule has 1 fully saturated rings. The normalized spacial score (nSPS) is 16.5. The number of nitrogens with zero attached hydrogens (tertiary/aromatic N) is 4. The van der Waals surface area contributed by atoms with Crippen LogP contribution in [0.1, 0.15) is 37.6 Å². The summed E-state index contributed by atoms with van der Waals surface area (Å²) in [6.45, 7) is 12.1. The van der Waals surface area contributed by atoms with Gasteiger partial charge in [-0.05, 0) is 37.1 Å². The van der Waals surface area contributed by atoms with Crippen molar-refractivity contribution in [3.8, 4) is 0 Å². The maximum Gasteiger partial charge on any atom is 0.243 e. The van der Waals surface area contributed by atoms with Crippen LogP contribution in [0.5, 0.6) is 0 Å². The van der Waals surface area contributed by atoms with E-state index in [0.717, 1.165) is 16.8 Å². The van der Waals surface area contributed by atoms with Crippen LogP contribution in [0.15, 0.2) is 29.2 Å². The average molecular weight is 448 g/mol. The van der Waals surface area contributed by atoms with E-state index in [1.807, 2.05) is 30.9 Å². The van der Waals surface area contributed by atoms with Crippen LogP contribution in [0, 0.1) is 13.8 Å². The predicted molar refractivity (Wildman–Crippen MR) is 122 cm³/mol. The van der Waals surface area contributed by atoms with Crippen LogP contribution in [0.4, 0.5) is 5.82 Å². The zero-order valence-electron chi connectivity index (χ0n) is 19.3. The molecule has 1 aromatic heterocycles. The van der Waals surface area contributed by atoms with Crippen molar-refractivity contribution >= 4 is 21.7 Å². The van der Waals surface area contributed by atoms with Crippen molar-refractivity contribution < 1.29 is 13.2 Å². The lowest BCUT2D eigenvalue weighted by atomic mass is 9.92. The molecule has 0 radical (unpaired) electrons. The zero-order valence-corrected chi connectivity index (χ0v) is 20.1. The van der Waals surface area contributed by atoms with E-state index in [0.29, 0.717) is 36.9 Å². The number of hydrogen-bond donors (Lipinski definition) is 1. The molecule has 0 unspecified atom stereocenters. The molecule has 0 aliphatic carbocycles. The zero-order chi connectivity index (χ0) is 23.0. The number of hydrogen-bond acceptors (Lipinski definition) is 5. The van der Waals surface area contributed by atoms with Gasteiger partial charge in [-0.3, -0.25) is 14.4 Å². The number of carbonyl (C=O) groups excluding carboxylic acids is 1. The van der Waals surface area contributed by atoms with Gasteiger partial charge in [-0.15, -0.1) is 0 Å². The van der Waals surface area contributed by atoms with E-state index in [2.05, 4.69) is 31.2 Å². The number of anilines is 1. The van der Waals surface area contributed by atoms with Crippen molar-refractivity contribution in [2.45, 2.75) is 44.9 Å². The molecule has 1 aliphatic heterocycles. The third-order valence-electron chi connectivity index (χ3n) is 5.73. The summed E-state index contributed by atoms with van der Waals surface area (Å²) in [5.41, 5.74) is 2.84. The first kappa shape index (κ1) is 23.4. The van der Waals surface area contributed by atoms with Crippen LogP contribution in [0.3, 0.4) is 0 Å². The molecule has 2 aromatic rings. The predicted octanol–water partition coefficient (Wildman–Crippen LogP) is 2.28. The molecule has 3 rings (SSSR count). The maximum atomic E-state index is 13.0. The van der Waals surface area contributed by atoms with Gasteiger partial charge in [0.15, 0.2) is 0 Å². The molecule has 31 heavy (non-hydrogen) atoms. The SMILES string of the molecule is Cc1ccc(S(=O)(=O)N2CCN(CC(=O)Nc3cc(C(C)(C)C)nn3C)CC2)cc1C. The van der Waals surface area contributed by atoms with Crippen molar-refractivity contribution in [3.05, 3.63) is 41.1 Å². The molecule has 1 amide bonds. The highest BCUT2D eigenvalue weighted by Crippen LogP contribution is 2.24. The summed E-state index contributed by atoms with van der Waals surface area (Å²) in [4.78, 5) is 14.8. The largest absolute Gasteiger partial charge is 0.310 e. The molecule has 1 aliphatic rings. The highest BCUT2D eigenvalue weighted by atomic mass is 32.2. The van der Waals surface area contributed by atoms with E-state index in [9.17, 15) is 13.2 Å². The van der Waals surface area contributed by atoms with Crippen molar-refractivity contribution in [1.29, 1.82) is 0 Å². The molecule has 8 nitrogen and oxygen atoms in total. The minimum atomic E-state index is -3.52. The number of rotatable bonds is 5. The minimum Gasteiger partial charge on any atom is -0.310 e. The Balaban J connectivity index is 1.57. The molecular formula is C22H33N5O3S. The summed E-state index contributed by atoms with van der Waals surface area (Å²) in [5.74, 6) is 0.528. The van der Waals surface area contributed by atoms with Crippen molar-refractivity contribution in [2.75, 3.05) is 38.0 Å². The number of piperazine rings is 1. The van der Waals surface area contributed by atoms with Crippen LogP contribution in [0.2, 0.25) is 0 Å². The van der Waals surface area contributed by atoms with Gasteiger partial charge in [-0.25, -0.2) is 8.42 Å². The Hall–Kier alpha value is -2.23. The Morgan fingerprint density at radius 3 is 2.26 bits per heavy atom. The number of sulfonamides is 1. The molecule has 0 bridgehead atoms.